The van der Waals surface area contributed by atoms with Crippen molar-refractivity contribution in [2.75, 3.05) is 25.3 Å². The number of benzene rings is 2. The Morgan fingerprint density at radius 1 is 1.00 bits per heavy atom. The lowest BCUT2D eigenvalue weighted by atomic mass is 10.1. The molecule has 1 aromatic heterocycles. The summed E-state index contributed by atoms with van der Waals surface area (Å²) in [6.45, 7) is 2.13. The summed E-state index contributed by atoms with van der Waals surface area (Å²) in [5.41, 5.74) is 3.68. The summed E-state index contributed by atoms with van der Waals surface area (Å²) in [7, 11) is 3.13. The van der Waals surface area contributed by atoms with E-state index in [0.29, 0.717) is 22.2 Å². The first kappa shape index (κ1) is 20.7. The summed E-state index contributed by atoms with van der Waals surface area (Å²) in [6.07, 6.45) is 1.01. The smallest absolute Gasteiger partial charge is 0.234 e. The van der Waals surface area contributed by atoms with Gasteiger partial charge in [-0.05, 0) is 36.2 Å². The quantitative estimate of drug-likeness (QED) is 0.554. The molecule has 1 heterocycles. The molecule has 2 aromatic carbocycles. The number of carbonyl (C=O) groups excluding carboxylic acids is 1. The van der Waals surface area contributed by atoms with Crippen LogP contribution >= 0.6 is 11.8 Å². The van der Waals surface area contributed by atoms with Crippen LogP contribution in [-0.2, 0) is 11.2 Å². The highest BCUT2D eigenvalue weighted by atomic mass is 32.2. The lowest BCUT2D eigenvalue weighted by Crippen LogP contribution is -2.15. The van der Waals surface area contributed by atoms with Gasteiger partial charge in [0.15, 0.2) is 0 Å². The van der Waals surface area contributed by atoms with Crippen LogP contribution in [0.3, 0.4) is 0 Å². The summed E-state index contributed by atoms with van der Waals surface area (Å²) < 4.78 is 10.5. The minimum atomic E-state index is -0.164. The molecule has 0 spiro atoms. The van der Waals surface area contributed by atoms with Crippen molar-refractivity contribution >= 4 is 23.4 Å². The number of carbonyl (C=O) groups is 1. The first-order valence-corrected chi connectivity index (χ1v) is 10.2. The minimum absolute atomic E-state index is 0.164. The number of aryl methyl sites for hydroxylation is 1. The third-order valence-corrected chi connectivity index (χ3v) is 5.25. The molecule has 1 amide bonds. The van der Waals surface area contributed by atoms with E-state index in [2.05, 4.69) is 34.6 Å². The third kappa shape index (κ3) is 5.48. The Bertz CT molecular complexity index is 960. The highest BCUT2D eigenvalue weighted by molar-refractivity contribution is 7.99. The molecule has 0 unspecified atom stereocenters. The second kappa shape index (κ2) is 9.93. The number of aromatic nitrogens is 2. The van der Waals surface area contributed by atoms with Gasteiger partial charge in [0.1, 0.15) is 16.5 Å². The number of hydrogen-bond acceptors (Lipinski definition) is 6. The van der Waals surface area contributed by atoms with Gasteiger partial charge in [0, 0.05) is 11.6 Å². The zero-order chi connectivity index (χ0) is 20.6. The number of nitrogens with zero attached hydrogens (tertiary/aromatic N) is 2. The molecule has 0 aliphatic heterocycles. The van der Waals surface area contributed by atoms with E-state index in [9.17, 15) is 4.79 Å². The van der Waals surface area contributed by atoms with E-state index in [-0.39, 0.29) is 11.7 Å². The molecule has 6 nitrogen and oxygen atoms in total. The van der Waals surface area contributed by atoms with Crippen molar-refractivity contribution in [3.8, 4) is 22.8 Å². The van der Waals surface area contributed by atoms with Crippen molar-refractivity contribution in [3.63, 3.8) is 0 Å². The fraction of sp³-hybridized carbons (Fsp3) is 0.227. The molecule has 0 aliphatic carbocycles. The lowest BCUT2D eigenvalue weighted by Gasteiger charge is -2.11. The molecule has 0 bridgehead atoms. The molecule has 0 saturated heterocycles. The molecule has 0 atom stereocenters. The van der Waals surface area contributed by atoms with Gasteiger partial charge in [0.2, 0.25) is 5.91 Å². The van der Waals surface area contributed by atoms with Crippen LogP contribution in [0.25, 0.3) is 11.3 Å². The number of methoxy groups -OCH3 is 2. The monoisotopic (exact) mass is 409 g/mol. The Morgan fingerprint density at radius 2 is 1.79 bits per heavy atom. The SMILES string of the molecule is CCc1ccc(-c2ccc(SCC(=O)Nc3cc(OC)ccc3OC)nn2)cc1. The lowest BCUT2D eigenvalue weighted by molar-refractivity contribution is -0.113. The van der Waals surface area contributed by atoms with Gasteiger partial charge in [-0.1, -0.05) is 43.0 Å². The van der Waals surface area contributed by atoms with Gasteiger partial charge in [-0.25, -0.2) is 0 Å². The zero-order valence-electron chi connectivity index (χ0n) is 16.6. The topological polar surface area (TPSA) is 73.3 Å². The van der Waals surface area contributed by atoms with E-state index in [0.717, 1.165) is 17.7 Å². The van der Waals surface area contributed by atoms with E-state index in [1.807, 2.05) is 24.3 Å². The van der Waals surface area contributed by atoms with Crippen LogP contribution in [0.15, 0.2) is 59.6 Å². The van der Waals surface area contributed by atoms with Crippen LogP contribution in [0.2, 0.25) is 0 Å². The first-order valence-electron chi connectivity index (χ1n) is 9.20. The van der Waals surface area contributed by atoms with Crippen molar-refractivity contribution < 1.29 is 14.3 Å². The summed E-state index contributed by atoms with van der Waals surface area (Å²) in [6, 6.07) is 17.3. The third-order valence-electron chi connectivity index (χ3n) is 4.33. The fourth-order valence-corrected chi connectivity index (χ4v) is 3.31. The van der Waals surface area contributed by atoms with Gasteiger partial charge >= 0.3 is 0 Å². The van der Waals surface area contributed by atoms with Crippen molar-refractivity contribution in [2.45, 2.75) is 18.4 Å². The summed E-state index contributed by atoms with van der Waals surface area (Å²) in [4.78, 5) is 12.3. The number of thioether (sulfide) groups is 1. The maximum absolute atomic E-state index is 12.3. The summed E-state index contributed by atoms with van der Waals surface area (Å²) in [5, 5.41) is 12.0. The maximum Gasteiger partial charge on any atom is 0.234 e. The van der Waals surface area contributed by atoms with Crippen LogP contribution < -0.4 is 14.8 Å². The number of ether oxygens (including phenoxy) is 2. The number of rotatable bonds is 8. The Hall–Kier alpha value is -3.06. The van der Waals surface area contributed by atoms with Crippen molar-refractivity contribution in [3.05, 3.63) is 60.2 Å². The van der Waals surface area contributed by atoms with Crippen LogP contribution in [0.5, 0.6) is 11.5 Å². The summed E-state index contributed by atoms with van der Waals surface area (Å²) >= 11 is 1.32. The molecule has 150 valence electrons. The molecule has 0 fully saturated rings. The Kier molecular flexibility index (Phi) is 7.08. The molecule has 1 N–H and O–H groups in total. The largest absolute Gasteiger partial charge is 0.497 e. The Morgan fingerprint density at radius 3 is 2.41 bits per heavy atom. The van der Waals surface area contributed by atoms with Crippen molar-refractivity contribution in [2.24, 2.45) is 0 Å². The van der Waals surface area contributed by atoms with Crippen molar-refractivity contribution in [1.82, 2.24) is 10.2 Å². The first-order chi connectivity index (χ1) is 14.1. The number of amides is 1. The van der Waals surface area contributed by atoms with Gasteiger partial charge in [0.25, 0.3) is 0 Å². The molecular weight excluding hydrogens is 386 g/mol. The van der Waals surface area contributed by atoms with Gasteiger partial charge in [0.05, 0.1) is 31.4 Å². The average Bonchev–Trinajstić information content (AvgIpc) is 2.78. The van der Waals surface area contributed by atoms with E-state index >= 15 is 0 Å². The van der Waals surface area contributed by atoms with Gasteiger partial charge in [-0.15, -0.1) is 10.2 Å². The van der Waals surface area contributed by atoms with Crippen LogP contribution in [-0.4, -0.2) is 36.1 Å². The molecule has 0 aliphatic rings. The Labute approximate surface area is 174 Å². The van der Waals surface area contributed by atoms with Crippen molar-refractivity contribution in [1.29, 1.82) is 0 Å². The van der Waals surface area contributed by atoms with Gasteiger partial charge in [-0.3, -0.25) is 4.79 Å². The minimum Gasteiger partial charge on any atom is -0.497 e. The Balaban J connectivity index is 1.59. The zero-order valence-corrected chi connectivity index (χ0v) is 17.5. The molecule has 0 saturated carbocycles. The highest BCUT2D eigenvalue weighted by Gasteiger charge is 2.10. The fourth-order valence-electron chi connectivity index (χ4n) is 2.70. The van der Waals surface area contributed by atoms with E-state index in [4.69, 9.17) is 9.47 Å². The molecule has 7 heteroatoms. The molecule has 29 heavy (non-hydrogen) atoms. The van der Waals surface area contributed by atoms with Crippen LogP contribution in [0.1, 0.15) is 12.5 Å². The standard InChI is InChI=1S/C22H23N3O3S/c1-4-15-5-7-16(8-6-15)18-10-12-22(25-24-18)29-14-21(26)23-19-13-17(27-2)9-11-20(19)28-3/h5-13H,4,14H2,1-3H3,(H,23,26). The second-order valence-electron chi connectivity index (χ2n) is 6.21. The predicted octanol–water partition coefficient (Wildman–Crippen LogP) is 4.45. The second-order valence-corrected chi connectivity index (χ2v) is 7.21. The number of hydrogen-bond donors (Lipinski definition) is 1. The number of nitrogens with one attached hydrogen (secondary N) is 1. The average molecular weight is 410 g/mol. The van der Waals surface area contributed by atoms with Gasteiger partial charge < -0.3 is 14.8 Å². The van der Waals surface area contributed by atoms with E-state index in [1.165, 1.54) is 17.3 Å². The van der Waals surface area contributed by atoms with Crippen LogP contribution in [0, 0.1) is 0 Å². The summed E-state index contributed by atoms with van der Waals surface area (Å²) in [5.74, 6) is 1.26. The van der Waals surface area contributed by atoms with Gasteiger partial charge in [-0.2, -0.15) is 0 Å². The number of anilines is 1. The normalized spacial score (nSPS) is 10.4. The molecule has 3 rings (SSSR count). The van der Waals surface area contributed by atoms with Crippen LogP contribution in [0.4, 0.5) is 5.69 Å². The highest BCUT2D eigenvalue weighted by Crippen LogP contribution is 2.29. The molecule has 0 radical (unpaired) electrons. The maximum atomic E-state index is 12.3. The molecular formula is C22H23N3O3S. The molecule has 3 aromatic rings. The van der Waals surface area contributed by atoms with E-state index in [1.54, 1.807) is 32.4 Å². The predicted molar refractivity (Wildman–Crippen MR) is 116 cm³/mol. The van der Waals surface area contributed by atoms with E-state index < -0.39 is 0 Å².